The average Bonchev–Trinajstić information content (AvgIpc) is 2.68. The number of rotatable bonds is 4. The Morgan fingerprint density at radius 1 is 1.04 bits per heavy atom. The number of carbonyl (C=O) groups is 2. The fourth-order valence-electron chi connectivity index (χ4n) is 3.16. The Labute approximate surface area is 174 Å². The number of hydrogen-bond donors (Lipinski definition) is 1. The van der Waals surface area contributed by atoms with E-state index in [2.05, 4.69) is 10.2 Å². The second-order valence-electron chi connectivity index (χ2n) is 6.46. The Morgan fingerprint density at radius 2 is 1.75 bits per heavy atom. The first-order valence-electron chi connectivity index (χ1n) is 8.84. The van der Waals surface area contributed by atoms with Crippen molar-refractivity contribution in [2.75, 3.05) is 43.5 Å². The van der Waals surface area contributed by atoms with E-state index in [1.807, 2.05) is 11.0 Å². The van der Waals surface area contributed by atoms with E-state index in [-0.39, 0.29) is 11.8 Å². The van der Waals surface area contributed by atoms with E-state index in [4.69, 9.17) is 27.9 Å². The number of nitrogens with zero attached hydrogens (tertiary/aromatic N) is 2. The summed E-state index contributed by atoms with van der Waals surface area (Å²) < 4.78 is 5.23. The summed E-state index contributed by atoms with van der Waals surface area (Å²) in [6, 6.07) is 10.2. The number of piperazine rings is 1. The van der Waals surface area contributed by atoms with Gasteiger partial charge in [-0.1, -0.05) is 23.2 Å². The van der Waals surface area contributed by atoms with Crippen molar-refractivity contribution in [2.45, 2.75) is 6.92 Å². The van der Waals surface area contributed by atoms with Gasteiger partial charge in [-0.25, -0.2) is 0 Å². The summed E-state index contributed by atoms with van der Waals surface area (Å²) in [6.07, 6.45) is 0. The largest absolute Gasteiger partial charge is 0.496 e. The van der Waals surface area contributed by atoms with Crippen LogP contribution in [-0.2, 0) is 4.79 Å². The van der Waals surface area contributed by atoms with Gasteiger partial charge in [0.25, 0.3) is 5.91 Å². The Balaban J connectivity index is 1.72. The lowest BCUT2D eigenvalue weighted by Crippen LogP contribution is -2.48. The molecule has 1 heterocycles. The van der Waals surface area contributed by atoms with Crippen LogP contribution in [0.3, 0.4) is 0 Å². The SMILES string of the molecule is COc1ccc(Cl)cc1C(=O)Nc1ccc(N2CCN(C(C)=O)CC2)c(Cl)c1. The molecular weight excluding hydrogens is 401 g/mol. The monoisotopic (exact) mass is 421 g/mol. The van der Waals surface area contributed by atoms with Gasteiger partial charge >= 0.3 is 0 Å². The first kappa shape index (κ1) is 20.3. The van der Waals surface area contributed by atoms with Crippen LogP contribution in [0.15, 0.2) is 36.4 Å². The van der Waals surface area contributed by atoms with Crippen molar-refractivity contribution in [2.24, 2.45) is 0 Å². The molecule has 0 aliphatic carbocycles. The van der Waals surface area contributed by atoms with Crippen LogP contribution >= 0.6 is 23.2 Å². The number of anilines is 2. The second kappa shape index (κ2) is 8.71. The number of carbonyl (C=O) groups excluding carboxylic acids is 2. The zero-order valence-electron chi connectivity index (χ0n) is 15.7. The summed E-state index contributed by atoms with van der Waals surface area (Å²) in [5.74, 6) is 0.187. The molecule has 0 spiro atoms. The van der Waals surface area contributed by atoms with Crippen LogP contribution in [0.1, 0.15) is 17.3 Å². The van der Waals surface area contributed by atoms with Crippen LogP contribution in [0.5, 0.6) is 5.75 Å². The van der Waals surface area contributed by atoms with Crippen molar-refractivity contribution in [1.82, 2.24) is 4.90 Å². The maximum Gasteiger partial charge on any atom is 0.259 e. The summed E-state index contributed by atoms with van der Waals surface area (Å²) in [5, 5.41) is 3.80. The molecule has 148 valence electrons. The van der Waals surface area contributed by atoms with Gasteiger partial charge in [-0.15, -0.1) is 0 Å². The molecule has 1 saturated heterocycles. The van der Waals surface area contributed by atoms with Crippen molar-refractivity contribution >= 4 is 46.4 Å². The summed E-state index contributed by atoms with van der Waals surface area (Å²) in [7, 11) is 1.50. The van der Waals surface area contributed by atoms with E-state index in [0.717, 1.165) is 5.69 Å². The molecule has 1 aliphatic rings. The fourth-order valence-corrected chi connectivity index (χ4v) is 3.63. The lowest BCUT2D eigenvalue weighted by molar-refractivity contribution is -0.129. The predicted octanol–water partition coefficient (Wildman–Crippen LogP) is 3.92. The third kappa shape index (κ3) is 4.51. The number of amides is 2. The molecule has 3 rings (SSSR count). The van der Waals surface area contributed by atoms with Crippen molar-refractivity contribution in [3.05, 3.63) is 52.0 Å². The van der Waals surface area contributed by atoms with E-state index in [1.165, 1.54) is 7.11 Å². The van der Waals surface area contributed by atoms with Gasteiger partial charge in [0.05, 0.1) is 23.4 Å². The molecule has 6 nitrogen and oxygen atoms in total. The van der Waals surface area contributed by atoms with Gasteiger partial charge < -0.3 is 19.9 Å². The molecule has 8 heteroatoms. The van der Waals surface area contributed by atoms with Gasteiger partial charge in [0, 0.05) is 43.8 Å². The minimum absolute atomic E-state index is 0.0836. The van der Waals surface area contributed by atoms with E-state index < -0.39 is 0 Å². The number of nitrogens with one attached hydrogen (secondary N) is 1. The highest BCUT2D eigenvalue weighted by Gasteiger charge is 2.21. The standard InChI is InChI=1S/C20H21Cl2N3O3/c1-13(26)24-7-9-25(10-8-24)18-5-4-15(12-17(18)22)23-20(27)16-11-14(21)3-6-19(16)28-2/h3-6,11-12H,7-10H2,1-2H3,(H,23,27). The molecular formula is C20H21Cl2N3O3. The number of ether oxygens (including phenoxy) is 1. The van der Waals surface area contributed by atoms with Crippen LogP contribution in [0.25, 0.3) is 0 Å². The van der Waals surface area contributed by atoms with Crippen molar-refractivity contribution in [1.29, 1.82) is 0 Å². The Bertz CT molecular complexity index is 896. The summed E-state index contributed by atoms with van der Waals surface area (Å²) in [6.45, 7) is 4.34. The summed E-state index contributed by atoms with van der Waals surface area (Å²) in [5.41, 5.74) is 1.79. The molecule has 0 bridgehead atoms. The Morgan fingerprint density at radius 3 is 2.36 bits per heavy atom. The van der Waals surface area contributed by atoms with E-state index in [1.54, 1.807) is 37.3 Å². The summed E-state index contributed by atoms with van der Waals surface area (Å²) in [4.78, 5) is 28.0. The fraction of sp³-hybridized carbons (Fsp3) is 0.300. The molecule has 1 fully saturated rings. The maximum atomic E-state index is 12.6. The average molecular weight is 422 g/mol. The van der Waals surface area contributed by atoms with E-state index in [9.17, 15) is 9.59 Å². The van der Waals surface area contributed by atoms with Crippen LogP contribution in [0, 0.1) is 0 Å². The van der Waals surface area contributed by atoms with Crippen molar-refractivity contribution in [3.8, 4) is 5.75 Å². The van der Waals surface area contributed by atoms with Crippen molar-refractivity contribution in [3.63, 3.8) is 0 Å². The van der Waals surface area contributed by atoms with Crippen LogP contribution in [-0.4, -0.2) is 50.0 Å². The maximum absolute atomic E-state index is 12.6. The zero-order valence-corrected chi connectivity index (χ0v) is 17.2. The highest BCUT2D eigenvalue weighted by atomic mass is 35.5. The third-order valence-corrected chi connectivity index (χ3v) is 5.22. The molecule has 2 aromatic rings. The lowest BCUT2D eigenvalue weighted by atomic mass is 10.1. The molecule has 0 radical (unpaired) electrons. The molecule has 28 heavy (non-hydrogen) atoms. The quantitative estimate of drug-likeness (QED) is 0.812. The number of hydrogen-bond acceptors (Lipinski definition) is 4. The minimum atomic E-state index is -0.335. The van der Waals surface area contributed by atoms with Gasteiger partial charge in [0.1, 0.15) is 5.75 Å². The van der Waals surface area contributed by atoms with Gasteiger partial charge in [-0.05, 0) is 36.4 Å². The van der Waals surface area contributed by atoms with Gasteiger partial charge in [0.15, 0.2) is 0 Å². The molecule has 1 N–H and O–H groups in total. The topological polar surface area (TPSA) is 61.9 Å². The highest BCUT2D eigenvalue weighted by Crippen LogP contribution is 2.30. The third-order valence-electron chi connectivity index (χ3n) is 4.68. The van der Waals surface area contributed by atoms with Crippen molar-refractivity contribution < 1.29 is 14.3 Å². The summed E-state index contributed by atoms with van der Waals surface area (Å²) >= 11 is 12.5. The van der Waals surface area contributed by atoms with Crippen LogP contribution < -0.4 is 15.0 Å². The van der Waals surface area contributed by atoms with E-state index in [0.29, 0.717) is 53.2 Å². The molecule has 0 atom stereocenters. The highest BCUT2D eigenvalue weighted by molar-refractivity contribution is 6.33. The van der Waals surface area contributed by atoms with Crippen LogP contribution in [0.4, 0.5) is 11.4 Å². The Kier molecular flexibility index (Phi) is 6.31. The minimum Gasteiger partial charge on any atom is -0.496 e. The first-order valence-corrected chi connectivity index (χ1v) is 9.59. The molecule has 2 aromatic carbocycles. The number of halogens is 2. The molecule has 0 saturated carbocycles. The normalized spacial score (nSPS) is 14.0. The predicted molar refractivity (Wildman–Crippen MR) is 112 cm³/mol. The molecule has 2 amide bonds. The smallest absolute Gasteiger partial charge is 0.259 e. The zero-order chi connectivity index (χ0) is 20.3. The molecule has 1 aliphatic heterocycles. The first-order chi connectivity index (χ1) is 13.4. The Hall–Kier alpha value is -2.44. The number of benzene rings is 2. The molecule has 0 aromatic heterocycles. The van der Waals surface area contributed by atoms with Crippen LogP contribution in [0.2, 0.25) is 10.0 Å². The second-order valence-corrected chi connectivity index (χ2v) is 7.30. The lowest BCUT2D eigenvalue weighted by Gasteiger charge is -2.36. The van der Waals surface area contributed by atoms with Gasteiger partial charge in [-0.3, -0.25) is 9.59 Å². The van der Waals surface area contributed by atoms with E-state index >= 15 is 0 Å². The molecule has 0 unspecified atom stereocenters. The van der Waals surface area contributed by atoms with Gasteiger partial charge in [0.2, 0.25) is 5.91 Å². The number of methoxy groups -OCH3 is 1. The van der Waals surface area contributed by atoms with Gasteiger partial charge in [-0.2, -0.15) is 0 Å².